The van der Waals surface area contributed by atoms with Crippen LogP contribution < -0.4 is 4.72 Å². The molecule has 0 atom stereocenters. The molecule has 130 valence electrons. The Morgan fingerprint density at radius 3 is 2.48 bits per heavy atom. The van der Waals surface area contributed by atoms with Gasteiger partial charge in [0, 0.05) is 15.6 Å². The first-order valence-corrected chi connectivity index (χ1v) is 10.0. The van der Waals surface area contributed by atoms with E-state index in [2.05, 4.69) is 25.6 Å². The number of fused-ring (bicyclic) bond motifs is 1. The Morgan fingerprint density at radius 1 is 1.16 bits per heavy atom. The van der Waals surface area contributed by atoms with E-state index >= 15 is 0 Å². The number of amides is 1. The molecule has 0 unspecified atom stereocenters. The highest BCUT2D eigenvalue weighted by Crippen LogP contribution is 2.25. The second kappa shape index (κ2) is 6.65. The summed E-state index contributed by atoms with van der Waals surface area (Å²) >= 11 is 3.26. The number of H-pyrrole nitrogens is 1. The fraction of sp³-hybridized carbons (Fsp3) is 0.167. The number of hydrogen-bond acceptors (Lipinski definition) is 3. The largest absolute Gasteiger partial charge is 0.358 e. The normalized spacial score (nSPS) is 11.6. The van der Waals surface area contributed by atoms with Gasteiger partial charge < -0.3 is 4.98 Å². The molecule has 3 aromatic rings. The highest BCUT2D eigenvalue weighted by Gasteiger charge is 2.21. The van der Waals surface area contributed by atoms with Gasteiger partial charge in [0.15, 0.2) is 0 Å². The number of hydrogen-bond donors (Lipinski definition) is 2. The molecule has 1 aromatic heterocycles. The summed E-state index contributed by atoms with van der Waals surface area (Å²) in [5, 5.41) is 0.922. The predicted octanol–water partition coefficient (Wildman–Crippen LogP) is 3.92. The van der Waals surface area contributed by atoms with Crippen LogP contribution in [0.2, 0.25) is 0 Å². The van der Waals surface area contributed by atoms with E-state index in [1.54, 1.807) is 24.3 Å². The summed E-state index contributed by atoms with van der Waals surface area (Å²) in [5.74, 6) is -0.655. The van der Waals surface area contributed by atoms with Crippen LogP contribution in [0.5, 0.6) is 0 Å². The first-order chi connectivity index (χ1) is 11.8. The third-order valence-electron chi connectivity index (χ3n) is 4.15. The summed E-state index contributed by atoms with van der Waals surface area (Å²) in [5.41, 5.74) is 3.07. The summed E-state index contributed by atoms with van der Waals surface area (Å²) in [4.78, 5) is 15.9. The zero-order valence-electron chi connectivity index (χ0n) is 13.8. The number of carbonyl (C=O) groups excluding carboxylic acids is 1. The maximum Gasteiger partial charge on any atom is 0.267 e. The van der Waals surface area contributed by atoms with Crippen molar-refractivity contribution in [3.8, 4) is 0 Å². The molecule has 0 aliphatic carbocycles. The second-order valence-electron chi connectivity index (χ2n) is 5.70. The number of nitrogens with one attached hydrogen (secondary N) is 2. The molecule has 0 aliphatic heterocycles. The molecule has 0 fully saturated rings. The molecule has 5 nitrogen and oxygen atoms in total. The summed E-state index contributed by atoms with van der Waals surface area (Å²) in [6.45, 7) is 4.01. The van der Waals surface area contributed by atoms with Gasteiger partial charge in [-0.25, -0.2) is 13.1 Å². The van der Waals surface area contributed by atoms with Gasteiger partial charge in [-0.1, -0.05) is 35.0 Å². The van der Waals surface area contributed by atoms with Crippen molar-refractivity contribution in [2.24, 2.45) is 0 Å². The second-order valence-corrected chi connectivity index (χ2v) is 8.30. The lowest BCUT2D eigenvalue weighted by Gasteiger charge is -2.08. The highest BCUT2D eigenvalue weighted by molar-refractivity contribution is 9.10. The molecule has 0 spiro atoms. The number of halogens is 1. The topological polar surface area (TPSA) is 79.0 Å². The number of carbonyl (C=O) groups is 1. The number of para-hydroxylation sites is 1. The van der Waals surface area contributed by atoms with Gasteiger partial charge in [-0.2, -0.15) is 0 Å². The van der Waals surface area contributed by atoms with Crippen molar-refractivity contribution in [2.45, 2.75) is 25.2 Å². The third kappa shape index (κ3) is 3.34. The van der Waals surface area contributed by atoms with Gasteiger partial charge in [0.05, 0.1) is 16.0 Å². The van der Waals surface area contributed by atoms with Crippen LogP contribution in [0, 0.1) is 6.92 Å². The summed E-state index contributed by atoms with van der Waals surface area (Å²) in [6.07, 6.45) is 0.804. The highest BCUT2D eigenvalue weighted by atomic mass is 79.9. The van der Waals surface area contributed by atoms with Crippen molar-refractivity contribution >= 4 is 42.8 Å². The Bertz CT molecular complexity index is 1050. The van der Waals surface area contributed by atoms with Crippen LogP contribution in [-0.4, -0.2) is 19.3 Å². The quantitative estimate of drug-likeness (QED) is 0.670. The Morgan fingerprint density at radius 2 is 1.84 bits per heavy atom. The molecule has 25 heavy (non-hydrogen) atoms. The molecule has 0 aliphatic rings. The van der Waals surface area contributed by atoms with E-state index in [9.17, 15) is 13.2 Å². The lowest BCUT2D eigenvalue weighted by molar-refractivity contribution is 0.0983. The van der Waals surface area contributed by atoms with Gasteiger partial charge in [0.1, 0.15) is 0 Å². The zero-order chi connectivity index (χ0) is 18.2. The number of aryl methyl sites for hydroxylation is 2. The summed E-state index contributed by atoms with van der Waals surface area (Å²) in [7, 11) is -3.94. The molecule has 2 N–H and O–H groups in total. The minimum absolute atomic E-state index is 0.0353. The fourth-order valence-electron chi connectivity index (χ4n) is 2.80. The molecule has 0 saturated heterocycles. The van der Waals surface area contributed by atoms with Crippen LogP contribution >= 0.6 is 15.9 Å². The van der Waals surface area contributed by atoms with Crippen LogP contribution in [0.25, 0.3) is 10.9 Å². The molecule has 2 aromatic carbocycles. The Hall–Kier alpha value is -2.12. The van der Waals surface area contributed by atoms with E-state index in [4.69, 9.17) is 0 Å². The average Bonchev–Trinajstić information content (AvgIpc) is 2.91. The average molecular weight is 421 g/mol. The van der Waals surface area contributed by atoms with Crippen molar-refractivity contribution in [2.75, 3.05) is 0 Å². The monoisotopic (exact) mass is 420 g/mol. The number of benzene rings is 2. The summed E-state index contributed by atoms with van der Waals surface area (Å²) < 4.78 is 27.8. The lowest BCUT2D eigenvalue weighted by Crippen LogP contribution is -2.30. The van der Waals surface area contributed by atoms with E-state index in [-0.39, 0.29) is 4.90 Å². The van der Waals surface area contributed by atoms with Crippen molar-refractivity contribution < 1.29 is 13.2 Å². The van der Waals surface area contributed by atoms with E-state index in [1.807, 2.05) is 19.9 Å². The first kappa shape index (κ1) is 17.7. The van der Waals surface area contributed by atoms with E-state index in [0.717, 1.165) is 27.5 Å². The number of aromatic amines is 1. The smallest absolute Gasteiger partial charge is 0.267 e. The number of rotatable bonds is 4. The molecule has 0 saturated carbocycles. The van der Waals surface area contributed by atoms with Gasteiger partial charge in [-0.15, -0.1) is 0 Å². The SMILES string of the molecule is CCc1[nH]c2c(C(=O)NS(=O)(=O)c3ccc(Br)cc3)cccc2c1C. The Labute approximate surface area is 154 Å². The van der Waals surface area contributed by atoms with Gasteiger partial charge in [-0.3, -0.25) is 4.79 Å². The van der Waals surface area contributed by atoms with Crippen molar-refractivity contribution in [1.29, 1.82) is 0 Å². The van der Waals surface area contributed by atoms with Gasteiger partial charge in [-0.05, 0) is 49.2 Å². The molecule has 1 heterocycles. The van der Waals surface area contributed by atoms with Crippen LogP contribution in [0.1, 0.15) is 28.5 Å². The maximum absolute atomic E-state index is 12.6. The van der Waals surface area contributed by atoms with Gasteiger partial charge in [0.25, 0.3) is 15.9 Å². The van der Waals surface area contributed by atoms with Crippen LogP contribution in [0.15, 0.2) is 51.8 Å². The van der Waals surface area contributed by atoms with Gasteiger partial charge in [0.2, 0.25) is 0 Å². The minimum Gasteiger partial charge on any atom is -0.358 e. The molecular weight excluding hydrogens is 404 g/mol. The number of aromatic nitrogens is 1. The van der Waals surface area contributed by atoms with Crippen molar-refractivity contribution in [1.82, 2.24) is 9.71 Å². The molecular formula is C18H17BrN2O3S. The maximum atomic E-state index is 12.6. The van der Waals surface area contributed by atoms with Crippen LogP contribution in [0.4, 0.5) is 0 Å². The standard InChI is InChI=1S/C18H17BrN2O3S/c1-3-16-11(2)14-5-4-6-15(17(14)20-16)18(22)21-25(23,24)13-9-7-12(19)8-10-13/h4-10,20H,3H2,1-2H3,(H,21,22). The molecule has 7 heteroatoms. The first-order valence-electron chi connectivity index (χ1n) is 7.76. The molecule has 0 radical (unpaired) electrons. The minimum atomic E-state index is -3.94. The van der Waals surface area contributed by atoms with Crippen molar-refractivity contribution in [3.05, 3.63) is 63.8 Å². The Balaban J connectivity index is 1.99. The fourth-order valence-corrected chi connectivity index (χ4v) is 4.03. The van der Waals surface area contributed by atoms with Gasteiger partial charge >= 0.3 is 0 Å². The summed E-state index contributed by atoms with van der Waals surface area (Å²) in [6, 6.07) is 11.4. The van der Waals surface area contributed by atoms with E-state index in [1.165, 1.54) is 12.1 Å². The Kier molecular flexibility index (Phi) is 4.71. The van der Waals surface area contributed by atoms with Crippen LogP contribution in [0.3, 0.4) is 0 Å². The lowest BCUT2D eigenvalue weighted by atomic mass is 10.1. The molecule has 3 rings (SSSR count). The van der Waals surface area contributed by atoms with E-state index in [0.29, 0.717) is 11.1 Å². The zero-order valence-corrected chi connectivity index (χ0v) is 16.2. The molecule has 1 amide bonds. The number of sulfonamides is 1. The molecule has 0 bridgehead atoms. The van der Waals surface area contributed by atoms with Crippen LogP contribution in [-0.2, 0) is 16.4 Å². The van der Waals surface area contributed by atoms with Crippen molar-refractivity contribution in [3.63, 3.8) is 0 Å². The predicted molar refractivity (Wildman–Crippen MR) is 101 cm³/mol. The third-order valence-corrected chi connectivity index (χ3v) is 6.02. The van der Waals surface area contributed by atoms with E-state index < -0.39 is 15.9 Å².